The van der Waals surface area contributed by atoms with E-state index in [4.69, 9.17) is 0 Å². The van der Waals surface area contributed by atoms with E-state index < -0.39 is 0 Å². The summed E-state index contributed by atoms with van der Waals surface area (Å²) in [6.45, 7) is 2.58. The summed E-state index contributed by atoms with van der Waals surface area (Å²) in [5.41, 5.74) is 2.67. The average Bonchev–Trinajstić information content (AvgIpc) is 2.67. The van der Waals surface area contributed by atoms with Crippen molar-refractivity contribution in [3.05, 3.63) is 71.6 Å². The molecule has 1 amide bonds. The monoisotopic (exact) mass is 356 g/mol. The quantitative estimate of drug-likeness (QED) is 0.829. The fourth-order valence-electron chi connectivity index (χ4n) is 2.71. The zero-order chi connectivity index (χ0) is 17.5. The molecule has 2 aromatic rings. The summed E-state index contributed by atoms with van der Waals surface area (Å²) >= 11 is 1.98. The molecular weight excluding hydrogens is 335 g/mol. The van der Waals surface area contributed by atoms with E-state index in [0.29, 0.717) is 12.1 Å². The molecule has 0 spiro atoms. The van der Waals surface area contributed by atoms with Gasteiger partial charge in [0.05, 0.1) is 0 Å². The van der Waals surface area contributed by atoms with Crippen LogP contribution in [0.3, 0.4) is 0 Å². The van der Waals surface area contributed by atoms with Crippen LogP contribution in [0.2, 0.25) is 0 Å². The Morgan fingerprint density at radius 3 is 2.76 bits per heavy atom. The maximum atomic E-state index is 13.5. The maximum absolute atomic E-state index is 13.5. The summed E-state index contributed by atoms with van der Waals surface area (Å²) in [6, 6.07) is 14.6. The van der Waals surface area contributed by atoms with Crippen molar-refractivity contribution in [3.63, 3.8) is 0 Å². The largest absolute Gasteiger partial charge is 0.370 e. The molecule has 0 aromatic heterocycles. The molecule has 1 N–H and O–H groups in total. The van der Waals surface area contributed by atoms with Crippen LogP contribution in [0.4, 0.5) is 10.1 Å². The van der Waals surface area contributed by atoms with E-state index in [1.165, 1.54) is 23.9 Å². The summed E-state index contributed by atoms with van der Waals surface area (Å²) < 4.78 is 13.5. The molecule has 1 aliphatic heterocycles. The predicted molar refractivity (Wildman–Crippen MR) is 103 cm³/mol. The smallest absolute Gasteiger partial charge is 0.244 e. The van der Waals surface area contributed by atoms with Gasteiger partial charge in [-0.2, -0.15) is 11.8 Å². The number of thioether (sulfide) groups is 1. The first-order valence-corrected chi connectivity index (χ1v) is 9.50. The molecule has 0 unspecified atom stereocenters. The molecule has 1 fully saturated rings. The molecular formula is C20H21FN2OS. The minimum atomic E-state index is -0.334. The number of nitrogens with zero attached hydrogens (tertiary/aromatic N) is 1. The molecule has 0 bridgehead atoms. The van der Waals surface area contributed by atoms with Crippen LogP contribution < -0.4 is 10.2 Å². The van der Waals surface area contributed by atoms with Crippen molar-refractivity contribution in [1.82, 2.24) is 5.32 Å². The zero-order valence-electron chi connectivity index (χ0n) is 14.0. The number of halogens is 1. The van der Waals surface area contributed by atoms with Crippen LogP contribution in [0.5, 0.6) is 0 Å². The van der Waals surface area contributed by atoms with E-state index in [1.54, 1.807) is 18.2 Å². The van der Waals surface area contributed by atoms with E-state index in [9.17, 15) is 9.18 Å². The maximum Gasteiger partial charge on any atom is 0.244 e. The summed E-state index contributed by atoms with van der Waals surface area (Å²) in [5, 5.41) is 2.85. The first kappa shape index (κ1) is 17.5. The summed E-state index contributed by atoms with van der Waals surface area (Å²) in [4.78, 5) is 14.3. The van der Waals surface area contributed by atoms with Crippen LogP contribution in [-0.2, 0) is 11.3 Å². The van der Waals surface area contributed by atoms with Gasteiger partial charge in [0.15, 0.2) is 0 Å². The van der Waals surface area contributed by atoms with Crippen molar-refractivity contribution in [2.45, 2.75) is 6.54 Å². The molecule has 1 aliphatic rings. The second-order valence-corrected chi connectivity index (χ2v) is 7.07. The van der Waals surface area contributed by atoms with Crippen molar-refractivity contribution in [1.29, 1.82) is 0 Å². The van der Waals surface area contributed by atoms with Gasteiger partial charge in [-0.15, -0.1) is 0 Å². The van der Waals surface area contributed by atoms with Gasteiger partial charge < -0.3 is 10.2 Å². The number of amides is 1. The number of carbonyl (C=O) groups is 1. The normalized spacial score (nSPS) is 14.7. The molecule has 0 aliphatic carbocycles. The van der Waals surface area contributed by atoms with Crippen LogP contribution in [-0.4, -0.2) is 30.5 Å². The van der Waals surface area contributed by atoms with Crippen molar-refractivity contribution in [2.75, 3.05) is 29.5 Å². The van der Waals surface area contributed by atoms with Crippen molar-refractivity contribution in [3.8, 4) is 0 Å². The standard InChI is InChI=1S/C20H21FN2OS/c21-19-7-2-1-5-17(19)8-9-20(24)22-15-16-4-3-6-18(14-16)23-10-12-25-13-11-23/h1-9,14H,10-13,15H2,(H,22,24)/b9-8+. The highest BCUT2D eigenvalue weighted by Crippen LogP contribution is 2.20. The molecule has 3 rings (SSSR count). The fraction of sp³-hybridized carbons (Fsp3) is 0.250. The third-order valence-electron chi connectivity index (χ3n) is 4.07. The highest BCUT2D eigenvalue weighted by molar-refractivity contribution is 7.99. The average molecular weight is 356 g/mol. The van der Waals surface area contributed by atoms with Gasteiger partial charge >= 0.3 is 0 Å². The summed E-state index contributed by atoms with van der Waals surface area (Å²) in [6.07, 6.45) is 2.86. The van der Waals surface area contributed by atoms with E-state index in [1.807, 2.05) is 23.9 Å². The Morgan fingerprint density at radius 2 is 1.96 bits per heavy atom. The zero-order valence-corrected chi connectivity index (χ0v) is 14.8. The number of nitrogens with one attached hydrogen (secondary N) is 1. The SMILES string of the molecule is O=C(/C=C/c1ccccc1F)NCc1cccc(N2CCSCC2)c1. The lowest BCUT2D eigenvalue weighted by Gasteiger charge is -2.28. The summed E-state index contributed by atoms with van der Waals surface area (Å²) in [5.74, 6) is 1.74. The highest BCUT2D eigenvalue weighted by Gasteiger charge is 2.11. The minimum absolute atomic E-state index is 0.233. The molecule has 5 heteroatoms. The summed E-state index contributed by atoms with van der Waals surface area (Å²) in [7, 11) is 0. The van der Waals surface area contributed by atoms with Gasteiger partial charge in [0.1, 0.15) is 5.82 Å². The molecule has 3 nitrogen and oxygen atoms in total. The Kier molecular flexibility index (Phi) is 6.12. The molecule has 2 aromatic carbocycles. The second kappa shape index (κ2) is 8.72. The van der Waals surface area contributed by atoms with Crippen LogP contribution in [0.15, 0.2) is 54.6 Å². The lowest BCUT2D eigenvalue weighted by atomic mass is 10.1. The van der Waals surface area contributed by atoms with Crippen LogP contribution >= 0.6 is 11.8 Å². The van der Waals surface area contributed by atoms with Crippen LogP contribution in [0.1, 0.15) is 11.1 Å². The molecule has 1 saturated heterocycles. The fourth-order valence-corrected chi connectivity index (χ4v) is 3.61. The van der Waals surface area contributed by atoms with E-state index in [-0.39, 0.29) is 11.7 Å². The molecule has 0 atom stereocenters. The van der Waals surface area contributed by atoms with Crippen LogP contribution in [0, 0.1) is 5.82 Å². The number of anilines is 1. The van der Waals surface area contributed by atoms with Gasteiger partial charge in [0, 0.05) is 48.5 Å². The van der Waals surface area contributed by atoms with Gasteiger partial charge in [-0.1, -0.05) is 30.3 Å². The number of benzene rings is 2. The van der Waals surface area contributed by atoms with Crippen molar-refractivity contribution < 1.29 is 9.18 Å². The van der Waals surface area contributed by atoms with Gasteiger partial charge in [-0.05, 0) is 29.8 Å². The third kappa shape index (κ3) is 5.10. The number of hydrogen-bond acceptors (Lipinski definition) is 3. The second-order valence-electron chi connectivity index (χ2n) is 5.84. The highest BCUT2D eigenvalue weighted by atomic mass is 32.2. The van der Waals surface area contributed by atoms with E-state index in [2.05, 4.69) is 22.3 Å². The lowest BCUT2D eigenvalue weighted by molar-refractivity contribution is -0.116. The Hall–Kier alpha value is -2.27. The van der Waals surface area contributed by atoms with Gasteiger partial charge in [0.25, 0.3) is 0 Å². The van der Waals surface area contributed by atoms with Crippen molar-refractivity contribution >= 4 is 29.4 Å². The molecule has 0 radical (unpaired) electrons. The first-order chi connectivity index (χ1) is 12.2. The lowest BCUT2D eigenvalue weighted by Crippen LogP contribution is -2.32. The molecule has 1 heterocycles. The minimum Gasteiger partial charge on any atom is -0.370 e. The third-order valence-corrected chi connectivity index (χ3v) is 5.02. The Balaban J connectivity index is 1.56. The number of carbonyl (C=O) groups excluding carboxylic acids is 1. The first-order valence-electron chi connectivity index (χ1n) is 8.34. The molecule has 130 valence electrons. The Morgan fingerprint density at radius 1 is 1.16 bits per heavy atom. The van der Waals surface area contributed by atoms with E-state index in [0.717, 1.165) is 30.2 Å². The predicted octanol–water partition coefficient (Wildman–Crippen LogP) is 3.71. The topological polar surface area (TPSA) is 32.3 Å². The Labute approximate surface area is 151 Å². The van der Waals surface area contributed by atoms with Crippen LogP contribution in [0.25, 0.3) is 6.08 Å². The Bertz CT molecular complexity index is 757. The van der Waals surface area contributed by atoms with Gasteiger partial charge in [0.2, 0.25) is 5.91 Å². The molecule has 25 heavy (non-hydrogen) atoms. The van der Waals surface area contributed by atoms with Crippen molar-refractivity contribution in [2.24, 2.45) is 0 Å². The molecule has 0 saturated carbocycles. The van der Waals surface area contributed by atoms with Gasteiger partial charge in [-0.25, -0.2) is 4.39 Å². The number of rotatable bonds is 5. The van der Waals surface area contributed by atoms with Gasteiger partial charge in [-0.3, -0.25) is 4.79 Å². The van der Waals surface area contributed by atoms with E-state index >= 15 is 0 Å². The number of hydrogen-bond donors (Lipinski definition) is 1.